The monoisotopic (exact) mass is 1090 g/mol. The summed E-state index contributed by atoms with van der Waals surface area (Å²) >= 11 is 0. The number of fused-ring (bicyclic) bond motifs is 2. The molecule has 0 atom stereocenters. The summed E-state index contributed by atoms with van der Waals surface area (Å²) in [6, 6.07) is 8.81. The van der Waals surface area contributed by atoms with E-state index in [2.05, 4.69) is 40.8 Å². The van der Waals surface area contributed by atoms with E-state index in [0.29, 0.717) is 109 Å². The molecule has 74 heavy (non-hydrogen) atoms. The van der Waals surface area contributed by atoms with Crippen LogP contribution in [0.2, 0.25) is 0 Å². The molecule has 6 heterocycles. The van der Waals surface area contributed by atoms with Crippen LogP contribution in [0.1, 0.15) is 87.5 Å². The minimum absolute atomic E-state index is 0. The number of carbonyl (C=O) groups is 1. The standard InChI is InChI=1S/C21H28N6O4S.C17H19ClN4O4S.C9H18N2O2.2CH4/c1-4-6-16-18-19(26(3)25-16)21(28)24-20(23-18)15-9-14(7-8-17(15)31-5-2)32(29,30)27-11-13(10-22)12-27;1-4-6-12-14-15(22(3)21-12)17(23)20-16(19-14)11-9-10(27(18,24)25)7-8-13(11)26-5-2;1-9(2,3)13-8(12)11-6-7-4-10-5-7;;/h7-9,13H,4-6,10-12,22H2,1-3H3,(H,23,24,28);7-9H,4-6H2,1-3H3,(H,19,20,23);7,10H,4-6H2,1-3H3,(H,11,12);2*1H4. The average molecular weight is 1090 g/mol. The van der Waals surface area contributed by atoms with E-state index in [-0.39, 0.29) is 59.4 Å². The third-order valence-corrected chi connectivity index (χ3v) is 14.7. The van der Waals surface area contributed by atoms with Crippen LogP contribution in [-0.2, 0) is 50.7 Å². The number of hydrogen-bond donors (Lipinski definition) is 5. The van der Waals surface area contributed by atoms with Crippen LogP contribution >= 0.6 is 10.7 Å². The molecule has 2 aliphatic heterocycles. The van der Waals surface area contributed by atoms with Gasteiger partial charge in [0.1, 0.15) is 39.8 Å². The molecule has 0 bridgehead atoms. The van der Waals surface area contributed by atoms with Gasteiger partial charge in [-0.3, -0.25) is 19.0 Å². The van der Waals surface area contributed by atoms with Crippen molar-refractivity contribution in [3.05, 3.63) is 68.5 Å². The van der Waals surface area contributed by atoms with Gasteiger partial charge in [0.15, 0.2) is 11.0 Å². The van der Waals surface area contributed by atoms with Gasteiger partial charge in [0, 0.05) is 63.4 Å². The van der Waals surface area contributed by atoms with Crippen molar-refractivity contribution in [2.24, 2.45) is 31.7 Å². The van der Waals surface area contributed by atoms with Gasteiger partial charge in [-0.15, -0.1) is 0 Å². The molecule has 0 aliphatic carbocycles. The Bertz CT molecular complexity index is 3250. The van der Waals surface area contributed by atoms with Crippen molar-refractivity contribution < 1.29 is 35.8 Å². The maximum Gasteiger partial charge on any atom is 0.407 e. The Morgan fingerprint density at radius 1 is 0.770 bits per heavy atom. The summed E-state index contributed by atoms with van der Waals surface area (Å²) in [5.74, 6) is 2.03. The highest BCUT2D eigenvalue weighted by molar-refractivity contribution is 8.13. The maximum atomic E-state index is 13.1. The Balaban J connectivity index is 0.000000256. The lowest BCUT2D eigenvalue weighted by molar-refractivity contribution is 0.0513. The lowest BCUT2D eigenvalue weighted by Crippen LogP contribution is -2.52. The SMILES string of the molecule is C.C.CC(C)(C)OC(=O)NCC1CNC1.CCCc1nn(C)c2c(=O)[nH]c(-c3cc(S(=O)(=O)Cl)ccc3OCC)nc12.CCCc1nn(C)c2c(=O)[nH]c(-c3cc(S(=O)(=O)N4CC(CN)C4)ccc3OCC)nc12. The van der Waals surface area contributed by atoms with Gasteiger partial charge in [-0.1, -0.05) is 41.5 Å². The number of halogens is 1. The predicted molar refractivity (Wildman–Crippen MR) is 288 cm³/mol. The van der Waals surface area contributed by atoms with Crippen LogP contribution in [0.25, 0.3) is 44.8 Å². The average Bonchev–Trinajstić information content (AvgIpc) is 3.77. The van der Waals surface area contributed by atoms with Crippen molar-refractivity contribution in [3.63, 3.8) is 0 Å². The topological polar surface area (TPSA) is 293 Å². The molecule has 0 spiro atoms. The maximum absolute atomic E-state index is 13.1. The zero-order valence-corrected chi connectivity index (χ0v) is 44.5. The zero-order valence-electron chi connectivity index (χ0n) is 42.1. The largest absolute Gasteiger partial charge is 0.493 e. The zero-order chi connectivity index (χ0) is 52.7. The second-order valence-electron chi connectivity index (χ2n) is 18.3. The summed E-state index contributed by atoms with van der Waals surface area (Å²) < 4.78 is 70.4. The van der Waals surface area contributed by atoms with E-state index < -0.39 is 24.7 Å². The number of H-pyrrole nitrogens is 2. The molecule has 6 N–H and O–H groups in total. The van der Waals surface area contributed by atoms with E-state index in [0.717, 1.165) is 31.6 Å². The van der Waals surface area contributed by atoms with Gasteiger partial charge in [-0.25, -0.2) is 31.6 Å². The first-order chi connectivity index (χ1) is 34.0. The van der Waals surface area contributed by atoms with Gasteiger partial charge >= 0.3 is 6.09 Å². The molecule has 2 aromatic carbocycles. The van der Waals surface area contributed by atoms with Gasteiger partial charge < -0.3 is 40.5 Å². The Morgan fingerprint density at radius 3 is 1.62 bits per heavy atom. The predicted octanol–water partition coefficient (Wildman–Crippen LogP) is 5.86. The highest BCUT2D eigenvalue weighted by Crippen LogP contribution is 2.35. The van der Waals surface area contributed by atoms with E-state index in [1.54, 1.807) is 27.1 Å². The number of aromatic amines is 2. The third-order valence-electron chi connectivity index (χ3n) is 11.5. The molecule has 1 amide bonds. The molecule has 408 valence electrons. The second kappa shape index (κ2) is 25.5. The number of amides is 1. The van der Waals surface area contributed by atoms with Gasteiger partial charge in [-0.2, -0.15) is 14.5 Å². The number of benzene rings is 2. The van der Waals surface area contributed by atoms with E-state index in [1.807, 2.05) is 41.5 Å². The van der Waals surface area contributed by atoms with Crippen molar-refractivity contribution >= 4 is 57.9 Å². The number of ether oxygens (including phenoxy) is 3. The summed E-state index contributed by atoms with van der Waals surface area (Å²) in [5, 5.41) is 14.7. The van der Waals surface area contributed by atoms with Crippen LogP contribution in [-0.4, -0.2) is 125 Å². The first-order valence-electron chi connectivity index (χ1n) is 23.8. The van der Waals surface area contributed by atoms with E-state index >= 15 is 0 Å². The summed E-state index contributed by atoms with van der Waals surface area (Å²) in [4.78, 5) is 51.3. The van der Waals surface area contributed by atoms with Crippen LogP contribution in [0.4, 0.5) is 4.79 Å². The van der Waals surface area contributed by atoms with Crippen LogP contribution in [0.3, 0.4) is 0 Å². The van der Waals surface area contributed by atoms with Gasteiger partial charge in [0.2, 0.25) is 10.0 Å². The molecule has 2 fully saturated rings. The Labute approximate surface area is 437 Å². The van der Waals surface area contributed by atoms with Crippen molar-refractivity contribution in [1.29, 1.82) is 0 Å². The Hall–Kier alpha value is -5.92. The number of rotatable bonds is 16. The molecule has 2 aliphatic rings. The second-order valence-corrected chi connectivity index (χ2v) is 22.8. The van der Waals surface area contributed by atoms with E-state index in [1.165, 1.54) is 44.0 Å². The summed E-state index contributed by atoms with van der Waals surface area (Å²) in [6.45, 7) is 18.0. The Kier molecular flexibility index (Phi) is 20.9. The number of hydrogen-bond acceptors (Lipinski definition) is 16. The fourth-order valence-electron chi connectivity index (χ4n) is 7.87. The van der Waals surface area contributed by atoms with Crippen LogP contribution in [0, 0.1) is 11.8 Å². The van der Waals surface area contributed by atoms with Crippen molar-refractivity contribution in [2.75, 3.05) is 52.5 Å². The molecule has 0 saturated carbocycles. The molecule has 25 heteroatoms. The smallest absolute Gasteiger partial charge is 0.407 e. The van der Waals surface area contributed by atoms with Crippen molar-refractivity contribution in [3.8, 4) is 34.3 Å². The van der Waals surface area contributed by atoms with E-state index in [9.17, 15) is 31.2 Å². The molecule has 0 radical (unpaired) electrons. The van der Waals surface area contributed by atoms with Crippen LogP contribution < -0.4 is 37.0 Å². The fraction of sp³-hybridized carbons (Fsp3) is 0.531. The minimum atomic E-state index is -3.95. The molecular formula is C49H73ClN12O10S2. The molecule has 8 rings (SSSR count). The highest BCUT2D eigenvalue weighted by atomic mass is 35.7. The number of nitrogens with two attached hydrogens (primary N) is 1. The van der Waals surface area contributed by atoms with Crippen LogP contribution in [0.15, 0.2) is 55.8 Å². The first-order valence-corrected chi connectivity index (χ1v) is 27.6. The number of nitrogens with one attached hydrogen (secondary N) is 4. The number of alkyl carbamates (subject to hydrolysis) is 1. The molecular weight excluding hydrogens is 1020 g/mol. The lowest BCUT2D eigenvalue weighted by atomic mass is 10.0. The quantitative estimate of drug-likeness (QED) is 0.0709. The highest BCUT2D eigenvalue weighted by Gasteiger charge is 2.36. The number of sulfonamides is 1. The van der Waals surface area contributed by atoms with Gasteiger partial charge in [-0.05, 0) is 96.3 Å². The van der Waals surface area contributed by atoms with Crippen molar-refractivity contribution in [2.45, 2.75) is 104 Å². The Morgan fingerprint density at radius 2 is 1.23 bits per heavy atom. The summed E-state index contributed by atoms with van der Waals surface area (Å²) in [7, 11) is 1.22. The molecule has 2 saturated heterocycles. The summed E-state index contributed by atoms with van der Waals surface area (Å²) in [6.07, 6.45) is 2.73. The minimum Gasteiger partial charge on any atom is -0.493 e. The summed E-state index contributed by atoms with van der Waals surface area (Å²) in [5.41, 5.74) is 8.46. The van der Waals surface area contributed by atoms with Gasteiger partial charge in [0.25, 0.3) is 20.2 Å². The fourth-order valence-corrected chi connectivity index (χ4v) is 10.3. The number of carbonyl (C=O) groups excluding carboxylic acids is 1. The lowest BCUT2D eigenvalue weighted by Gasteiger charge is -2.37. The molecule has 6 aromatic rings. The van der Waals surface area contributed by atoms with Crippen LogP contribution in [0.5, 0.6) is 11.5 Å². The molecule has 22 nitrogen and oxygen atoms in total. The number of aryl methyl sites for hydroxylation is 4. The normalized spacial score (nSPS) is 14.0. The van der Waals surface area contributed by atoms with E-state index in [4.69, 9.17) is 30.6 Å². The number of aromatic nitrogens is 8. The first kappa shape index (κ1) is 60.6. The van der Waals surface area contributed by atoms with Gasteiger partial charge in [0.05, 0.1) is 45.5 Å². The molecule has 0 unspecified atom stereocenters. The van der Waals surface area contributed by atoms with Crippen molar-refractivity contribution in [1.82, 2.24) is 54.4 Å². The number of nitrogens with zero attached hydrogens (tertiary/aromatic N) is 7. The third kappa shape index (κ3) is 14.3. The molecule has 4 aromatic heterocycles.